The molecule has 1 saturated carbocycles. The molecular weight excluding hydrogens is 252 g/mol. The molecule has 2 unspecified atom stereocenters. The Morgan fingerprint density at radius 1 is 1.35 bits per heavy atom. The fraction of sp³-hybridized carbons (Fsp3) is 0.562. The Labute approximate surface area is 120 Å². The molecule has 0 aliphatic heterocycles. The Kier molecular flexibility index (Phi) is 4.21. The van der Waals surface area contributed by atoms with Crippen molar-refractivity contribution in [2.45, 2.75) is 38.6 Å². The Bertz CT molecular complexity index is 477. The highest BCUT2D eigenvalue weighted by Gasteiger charge is 2.42. The lowest BCUT2D eigenvalue weighted by Gasteiger charge is -2.41. The Balaban J connectivity index is 2.26. The van der Waals surface area contributed by atoms with Crippen molar-refractivity contribution in [1.29, 1.82) is 0 Å². The van der Waals surface area contributed by atoms with E-state index in [1.54, 1.807) is 7.11 Å². The quantitative estimate of drug-likeness (QED) is 0.888. The number of nitrogens with two attached hydrogens (primary N) is 1. The maximum absolute atomic E-state index is 12.1. The molecule has 1 aromatic rings. The summed E-state index contributed by atoms with van der Waals surface area (Å²) in [5.41, 5.74) is 5.94. The summed E-state index contributed by atoms with van der Waals surface area (Å²) in [7, 11) is 1.63. The molecule has 2 atom stereocenters. The normalized spacial score (nSPS) is 29.8. The molecule has 4 heteroatoms. The fourth-order valence-corrected chi connectivity index (χ4v) is 3.47. The van der Waals surface area contributed by atoms with Crippen LogP contribution in [0.2, 0.25) is 0 Å². The average molecular weight is 276 g/mol. The number of carbonyl (C=O) groups is 1. The van der Waals surface area contributed by atoms with Crippen molar-refractivity contribution < 1.29 is 9.53 Å². The monoisotopic (exact) mass is 276 g/mol. The highest BCUT2D eigenvalue weighted by Crippen LogP contribution is 2.38. The van der Waals surface area contributed by atoms with Crippen molar-refractivity contribution in [3.63, 3.8) is 0 Å². The largest absolute Gasteiger partial charge is 0.497 e. The maximum Gasteiger partial charge on any atom is 0.243 e. The summed E-state index contributed by atoms with van der Waals surface area (Å²) >= 11 is 0. The molecule has 4 nitrogen and oxygen atoms in total. The second-order valence-corrected chi connectivity index (χ2v) is 6.16. The molecule has 0 saturated heterocycles. The average Bonchev–Trinajstić information content (AvgIpc) is 2.37. The van der Waals surface area contributed by atoms with Crippen molar-refractivity contribution in [3.8, 4) is 5.75 Å². The number of benzene rings is 1. The van der Waals surface area contributed by atoms with Gasteiger partial charge in [-0.15, -0.1) is 0 Å². The molecule has 110 valence electrons. The minimum atomic E-state index is -0.649. The van der Waals surface area contributed by atoms with Gasteiger partial charge in [-0.1, -0.05) is 19.9 Å². The third-order valence-corrected chi connectivity index (χ3v) is 4.12. The smallest absolute Gasteiger partial charge is 0.243 e. The number of carbonyl (C=O) groups excluding carboxylic acids is 1. The van der Waals surface area contributed by atoms with Gasteiger partial charge in [0.25, 0.3) is 0 Å². The molecule has 0 spiro atoms. The van der Waals surface area contributed by atoms with Gasteiger partial charge in [0.15, 0.2) is 0 Å². The van der Waals surface area contributed by atoms with Crippen LogP contribution in [-0.4, -0.2) is 18.6 Å². The molecule has 0 radical (unpaired) electrons. The minimum Gasteiger partial charge on any atom is -0.497 e. The molecule has 3 N–H and O–H groups in total. The van der Waals surface area contributed by atoms with Crippen LogP contribution in [0.1, 0.15) is 33.1 Å². The molecule has 0 bridgehead atoms. The Morgan fingerprint density at radius 3 is 2.55 bits per heavy atom. The number of hydrogen-bond donors (Lipinski definition) is 2. The molecule has 1 amide bonds. The van der Waals surface area contributed by atoms with Crippen LogP contribution in [0.15, 0.2) is 24.3 Å². The van der Waals surface area contributed by atoms with Crippen LogP contribution >= 0.6 is 0 Å². The molecule has 2 rings (SSSR count). The molecule has 1 aliphatic rings. The standard InChI is InChI=1S/C16H24N2O2/c1-11-7-12(2)10-16(9-11,15(17)19)18-13-5-4-6-14(8-13)20-3/h4-6,8,11-12,18H,7,9-10H2,1-3H3,(H2,17,19). The first-order valence-electron chi connectivity index (χ1n) is 7.17. The van der Waals surface area contributed by atoms with Crippen molar-refractivity contribution in [3.05, 3.63) is 24.3 Å². The number of amides is 1. The zero-order chi connectivity index (χ0) is 14.8. The van der Waals surface area contributed by atoms with Crippen LogP contribution in [0, 0.1) is 11.8 Å². The lowest BCUT2D eigenvalue weighted by molar-refractivity contribution is -0.124. The second kappa shape index (κ2) is 5.73. The highest BCUT2D eigenvalue weighted by atomic mass is 16.5. The van der Waals surface area contributed by atoms with E-state index in [-0.39, 0.29) is 5.91 Å². The molecule has 20 heavy (non-hydrogen) atoms. The van der Waals surface area contributed by atoms with Crippen molar-refractivity contribution in [1.82, 2.24) is 0 Å². The first-order valence-corrected chi connectivity index (χ1v) is 7.17. The minimum absolute atomic E-state index is 0.265. The number of hydrogen-bond acceptors (Lipinski definition) is 3. The zero-order valence-electron chi connectivity index (χ0n) is 12.5. The SMILES string of the molecule is COc1cccc(NC2(C(N)=O)CC(C)CC(C)C2)c1. The Morgan fingerprint density at radius 2 is 2.00 bits per heavy atom. The van der Waals surface area contributed by atoms with Crippen molar-refractivity contribution in [2.24, 2.45) is 17.6 Å². The number of methoxy groups -OCH3 is 1. The van der Waals surface area contributed by atoms with Gasteiger partial charge in [-0.3, -0.25) is 4.79 Å². The van der Waals surface area contributed by atoms with E-state index in [9.17, 15) is 4.79 Å². The van der Waals surface area contributed by atoms with E-state index in [1.165, 1.54) is 0 Å². The topological polar surface area (TPSA) is 64.3 Å². The van der Waals surface area contributed by atoms with Crippen LogP contribution in [0.5, 0.6) is 5.75 Å². The summed E-state index contributed by atoms with van der Waals surface area (Å²) in [5.74, 6) is 1.49. The van der Waals surface area contributed by atoms with Crippen molar-refractivity contribution >= 4 is 11.6 Å². The van der Waals surface area contributed by atoms with Gasteiger partial charge in [0.2, 0.25) is 5.91 Å². The highest BCUT2D eigenvalue weighted by molar-refractivity contribution is 5.88. The molecule has 1 fully saturated rings. The molecule has 1 aromatic carbocycles. The van der Waals surface area contributed by atoms with Gasteiger partial charge in [-0.25, -0.2) is 0 Å². The van der Waals surface area contributed by atoms with E-state index in [2.05, 4.69) is 19.2 Å². The van der Waals surface area contributed by atoms with E-state index >= 15 is 0 Å². The maximum atomic E-state index is 12.1. The summed E-state index contributed by atoms with van der Waals surface area (Å²) in [5, 5.41) is 3.37. The molecule has 0 aromatic heterocycles. The molecule has 0 heterocycles. The van der Waals surface area contributed by atoms with E-state index in [0.717, 1.165) is 30.7 Å². The third kappa shape index (κ3) is 3.06. The van der Waals surface area contributed by atoms with E-state index in [0.29, 0.717) is 11.8 Å². The van der Waals surface area contributed by atoms with Gasteiger partial charge in [0.1, 0.15) is 11.3 Å². The second-order valence-electron chi connectivity index (χ2n) is 6.16. The first kappa shape index (κ1) is 14.7. The van der Waals surface area contributed by atoms with E-state index in [1.807, 2.05) is 24.3 Å². The summed E-state index contributed by atoms with van der Waals surface area (Å²) in [4.78, 5) is 12.1. The van der Waals surface area contributed by atoms with Crippen LogP contribution < -0.4 is 15.8 Å². The van der Waals surface area contributed by atoms with Gasteiger partial charge in [0.05, 0.1) is 7.11 Å². The van der Waals surface area contributed by atoms with Crippen LogP contribution in [-0.2, 0) is 4.79 Å². The zero-order valence-corrected chi connectivity index (χ0v) is 12.5. The van der Waals surface area contributed by atoms with Crippen LogP contribution in [0.25, 0.3) is 0 Å². The van der Waals surface area contributed by atoms with Gasteiger partial charge in [-0.05, 0) is 43.2 Å². The van der Waals surface area contributed by atoms with Gasteiger partial charge < -0.3 is 15.8 Å². The summed E-state index contributed by atoms with van der Waals surface area (Å²) in [6.45, 7) is 4.36. The number of ether oxygens (including phenoxy) is 1. The van der Waals surface area contributed by atoms with Crippen LogP contribution in [0.4, 0.5) is 5.69 Å². The third-order valence-electron chi connectivity index (χ3n) is 4.12. The predicted molar refractivity (Wildman–Crippen MR) is 80.7 cm³/mol. The number of rotatable bonds is 4. The number of primary amides is 1. The predicted octanol–water partition coefficient (Wildman–Crippen LogP) is 2.79. The van der Waals surface area contributed by atoms with Gasteiger partial charge >= 0.3 is 0 Å². The lowest BCUT2D eigenvalue weighted by atomic mass is 9.71. The van der Waals surface area contributed by atoms with Crippen LogP contribution in [0.3, 0.4) is 0 Å². The molecular formula is C16H24N2O2. The molecule has 1 aliphatic carbocycles. The number of nitrogens with one attached hydrogen (secondary N) is 1. The number of anilines is 1. The van der Waals surface area contributed by atoms with Crippen molar-refractivity contribution in [2.75, 3.05) is 12.4 Å². The lowest BCUT2D eigenvalue weighted by Crippen LogP contribution is -2.54. The van der Waals surface area contributed by atoms with Gasteiger partial charge in [0, 0.05) is 11.8 Å². The summed E-state index contributed by atoms with van der Waals surface area (Å²) in [6, 6.07) is 7.63. The summed E-state index contributed by atoms with van der Waals surface area (Å²) < 4.78 is 5.22. The summed E-state index contributed by atoms with van der Waals surface area (Å²) in [6.07, 6.45) is 2.71. The van der Waals surface area contributed by atoms with Gasteiger partial charge in [-0.2, -0.15) is 0 Å². The van der Waals surface area contributed by atoms with E-state index < -0.39 is 5.54 Å². The van der Waals surface area contributed by atoms with E-state index in [4.69, 9.17) is 10.5 Å². The Hall–Kier alpha value is -1.71. The fourth-order valence-electron chi connectivity index (χ4n) is 3.47. The first-order chi connectivity index (χ1) is 9.45.